The standard InChI is InChI=1S/C16H18N2/c1-10-9-18-14-12(11(10)2)5-6-13-15(14)17-8-7-16(13,3)4/h5-6,8-9H,7H2,1-4H3. The van der Waals surface area contributed by atoms with Crippen LogP contribution in [0.15, 0.2) is 23.3 Å². The summed E-state index contributed by atoms with van der Waals surface area (Å²) >= 11 is 0. The number of nitrogens with zero attached hydrogens (tertiary/aromatic N) is 2. The summed E-state index contributed by atoms with van der Waals surface area (Å²) in [5.41, 5.74) is 6.12. The molecule has 2 heterocycles. The van der Waals surface area contributed by atoms with Gasteiger partial charge < -0.3 is 0 Å². The van der Waals surface area contributed by atoms with Crippen LogP contribution in [-0.2, 0) is 5.41 Å². The van der Waals surface area contributed by atoms with Crippen molar-refractivity contribution in [3.05, 3.63) is 35.0 Å². The van der Waals surface area contributed by atoms with Crippen molar-refractivity contribution in [3.8, 4) is 0 Å². The number of rotatable bonds is 0. The van der Waals surface area contributed by atoms with E-state index in [9.17, 15) is 0 Å². The molecule has 1 aliphatic heterocycles. The molecule has 1 aromatic carbocycles. The first-order valence-electron chi connectivity index (χ1n) is 6.42. The molecule has 0 aliphatic carbocycles. The van der Waals surface area contributed by atoms with Crippen molar-refractivity contribution in [2.45, 2.75) is 39.5 Å². The Balaban J connectivity index is 2.42. The highest BCUT2D eigenvalue weighted by Gasteiger charge is 2.27. The Morgan fingerprint density at radius 3 is 2.72 bits per heavy atom. The van der Waals surface area contributed by atoms with E-state index >= 15 is 0 Å². The van der Waals surface area contributed by atoms with Crippen LogP contribution in [0.2, 0.25) is 0 Å². The summed E-state index contributed by atoms with van der Waals surface area (Å²) in [6.45, 7) is 8.80. The number of pyridine rings is 1. The molecule has 1 aliphatic rings. The second kappa shape index (κ2) is 3.64. The van der Waals surface area contributed by atoms with Gasteiger partial charge in [-0.2, -0.15) is 0 Å². The Labute approximate surface area is 108 Å². The Kier molecular flexibility index (Phi) is 2.31. The molecule has 0 unspecified atom stereocenters. The van der Waals surface area contributed by atoms with Gasteiger partial charge in [0.25, 0.3) is 0 Å². The highest BCUT2D eigenvalue weighted by atomic mass is 14.8. The van der Waals surface area contributed by atoms with Crippen molar-refractivity contribution in [2.75, 3.05) is 0 Å². The third-order valence-electron chi connectivity index (χ3n) is 4.09. The van der Waals surface area contributed by atoms with Crippen LogP contribution in [0.4, 0.5) is 5.69 Å². The van der Waals surface area contributed by atoms with E-state index in [2.05, 4.69) is 49.8 Å². The Morgan fingerprint density at radius 2 is 1.94 bits per heavy atom. The lowest BCUT2D eigenvalue weighted by atomic mass is 9.79. The molecule has 1 aromatic heterocycles. The quantitative estimate of drug-likeness (QED) is 0.674. The summed E-state index contributed by atoms with van der Waals surface area (Å²) in [7, 11) is 0. The van der Waals surface area contributed by atoms with Crippen LogP contribution >= 0.6 is 0 Å². The fourth-order valence-electron chi connectivity index (χ4n) is 2.64. The molecule has 2 aromatic rings. The van der Waals surface area contributed by atoms with Crippen molar-refractivity contribution in [1.29, 1.82) is 0 Å². The molecule has 18 heavy (non-hydrogen) atoms. The number of aryl methyl sites for hydroxylation is 2. The molecule has 0 atom stereocenters. The normalized spacial score (nSPS) is 16.9. The first-order valence-corrected chi connectivity index (χ1v) is 6.42. The number of aliphatic imine (C=N–C) groups is 1. The van der Waals surface area contributed by atoms with E-state index in [1.807, 2.05) is 12.4 Å². The second-order valence-electron chi connectivity index (χ2n) is 5.82. The third-order valence-corrected chi connectivity index (χ3v) is 4.09. The maximum Gasteiger partial charge on any atom is 0.0964 e. The SMILES string of the molecule is Cc1cnc2c3c(ccc2c1C)C(C)(C)CC=N3. The van der Waals surface area contributed by atoms with Gasteiger partial charge >= 0.3 is 0 Å². The predicted molar refractivity (Wildman–Crippen MR) is 77.0 cm³/mol. The molecule has 3 rings (SSSR count). The summed E-state index contributed by atoms with van der Waals surface area (Å²) in [5, 5.41) is 1.23. The predicted octanol–water partition coefficient (Wildman–Crippen LogP) is 4.24. The van der Waals surface area contributed by atoms with Crippen LogP contribution in [0.5, 0.6) is 0 Å². The number of benzene rings is 1. The molecule has 0 saturated carbocycles. The minimum atomic E-state index is 0.158. The average Bonchev–Trinajstić information content (AvgIpc) is 2.33. The van der Waals surface area contributed by atoms with Gasteiger partial charge in [-0.25, -0.2) is 0 Å². The second-order valence-corrected chi connectivity index (χ2v) is 5.82. The van der Waals surface area contributed by atoms with Crippen molar-refractivity contribution < 1.29 is 0 Å². The zero-order chi connectivity index (χ0) is 12.9. The first kappa shape index (κ1) is 11.4. The van der Waals surface area contributed by atoms with E-state index in [-0.39, 0.29) is 5.41 Å². The van der Waals surface area contributed by atoms with Crippen LogP contribution in [0.25, 0.3) is 10.9 Å². The molecular formula is C16H18N2. The minimum absolute atomic E-state index is 0.158. The van der Waals surface area contributed by atoms with E-state index in [0.29, 0.717) is 0 Å². The van der Waals surface area contributed by atoms with Gasteiger partial charge in [0.1, 0.15) is 0 Å². The van der Waals surface area contributed by atoms with Crippen LogP contribution in [0.3, 0.4) is 0 Å². The Bertz CT molecular complexity index is 666. The summed E-state index contributed by atoms with van der Waals surface area (Å²) in [5.74, 6) is 0. The molecule has 0 bridgehead atoms. The zero-order valence-corrected chi connectivity index (χ0v) is 11.4. The fourth-order valence-corrected chi connectivity index (χ4v) is 2.64. The molecule has 0 radical (unpaired) electrons. The van der Waals surface area contributed by atoms with Gasteiger partial charge in [-0.15, -0.1) is 0 Å². The molecule has 0 spiro atoms. The van der Waals surface area contributed by atoms with Crippen molar-refractivity contribution >= 4 is 22.8 Å². The lowest BCUT2D eigenvalue weighted by molar-refractivity contribution is 0.550. The molecule has 0 saturated heterocycles. The van der Waals surface area contributed by atoms with Crippen LogP contribution < -0.4 is 0 Å². The average molecular weight is 238 g/mol. The highest BCUT2D eigenvalue weighted by molar-refractivity contribution is 5.96. The van der Waals surface area contributed by atoms with E-state index in [1.165, 1.54) is 22.1 Å². The van der Waals surface area contributed by atoms with Gasteiger partial charge in [0.05, 0.1) is 11.2 Å². The lowest BCUT2D eigenvalue weighted by Gasteiger charge is -2.28. The van der Waals surface area contributed by atoms with E-state index in [1.54, 1.807) is 0 Å². The topological polar surface area (TPSA) is 25.2 Å². The van der Waals surface area contributed by atoms with Gasteiger partial charge in [-0.3, -0.25) is 9.98 Å². The van der Waals surface area contributed by atoms with E-state index < -0.39 is 0 Å². The van der Waals surface area contributed by atoms with Gasteiger partial charge in [0.15, 0.2) is 0 Å². The van der Waals surface area contributed by atoms with Crippen molar-refractivity contribution in [3.63, 3.8) is 0 Å². The molecule has 0 fully saturated rings. The summed E-state index contributed by atoms with van der Waals surface area (Å²) in [6, 6.07) is 4.42. The van der Waals surface area contributed by atoms with Gasteiger partial charge in [-0.05, 0) is 42.4 Å². The summed E-state index contributed by atoms with van der Waals surface area (Å²) in [6.07, 6.45) is 4.98. The van der Waals surface area contributed by atoms with Gasteiger partial charge in [-0.1, -0.05) is 26.0 Å². The zero-order valence-electron chi connectivity index (χ0n) is 11.4. The molecule has 92 valence electrons. The monoisotopic (exact) mass is 238 g/mol. The van der Waals surface area contributed by atoms with Crippen molar-refractivity contribution in [1.82, 2.24) is 4.98 Å². The van der Waals surface area contributed by atoms with Crippen LogP contribution in [0, 0.1) is 13.8 Å². The van der Waals surface area contributed by atoms with Crippen molar-refractivity contribution in [2.24, 2.45) is 4.99 Å². The number of aromatic nitrogens is 1. The van der Waals surface area contributed by atoms with Crippen LogP contribution in [0.1, 0.15) is 37.0 Å². The minimum Gasteiger partial charge on any atom is -0.259 e. The molecule has 2 nitrogen and oxygen atoms in total. The summed E-state index contributed by atoms with van der Waals surface area (Å²) < 4.78 is 0. The molecule has 0 N–H and O–H groups in total. The van der Waals surface area contributed by atoms with E-state index in [4.69, 9.17) is 0 Å². The number of hydrogen-bond acceptors (Lipinski definition) is 2. The third kappa shape index (κ3) is 1.48. The van der Waals surface area contributed by atoms with E-state index in [0.717, 1.165) is 17.6 Å². The lowest BCUT2D eigenvalue weighted by Crippen LogP contribution is -2.20. The summed E-state index contributed by atoms with van der Waals surface area (Å²) in [4.78, 5) is 9.21. The first-order chi connectivity index (χ1) is 8.50. The largest absolute Gasteiger partial charge is 0.259 e. The fraction of sp³-hybridized carbons (Fsp3) is 0.375. The smallest absolute Gasteiger partial charge is 0.0964 e. The number of fused-ring (bicyclic) bond motifs is 3. The Morgan fingerprint density at radius 1 is 1.17 bits per heavy atom. The number of hydrogen-bond donors (Lipinski definition) is 0. The molecular weight excluding hydrogens is 220 g/mol. The highest BCUT2D eigenvalue weighted by Crippen LogP contribution is 2.41. The van der Waals surface area contributed by atoms with Gasteiger partial charge in [0.2, 0.25) is 0 Å². The maximum absolute atomic E-state index is 4.61. The maximum atomic E-state index is 4.61. The molecule has 2 heteroatoms. The molecule has 0 amide bonds. The van der Waals surface area contributed by atoms with Gasteiger partial charge in [0, 0.05) is 17.8 Å². The Hall–Kier alpha value is -1.70. The van der Waals surface area contributed by atoms with Crippen LogP contribution in [-0.4, -0.2) is 11.2 Å².